The average Bonchev–Trinajstić information content (AvgIpc) is 2.18. The number of aliphatic hydroxyl groups is 1. The molecule has 0 spiro atoms. The van der Waals surface area contributed by atoms with Gasteiger partial charge in [-0.25, -0.2) is 0 Å². The molecule has 3 nitrogen and oxygen atoms in total. The summed E-state index contributed by atoms with van der Waals surface area (Å²) < 4.78 is 0. The maximum Gasteiger partial charge on any atom is 0.207 e. The van der Waals surface area contributed by atoms with Gasteiger partial charge in [-0.3, -0.25) is 4.79 Å². The molecule has 0 saturated heterocycles. The lowest BCUT2D eigenvalue weighted by molar-refractivity contribution is -0.110. The smallest absolute Gasteiger partial charge is 0.207 e. The third kappa shape index (κ3) is 2.56. The van der Waals surface area contributed by atoms with Gasteiger partial charge in [-0.2, -0.15) is 0 Å². The topological polar surface area (TPSA) is 49.3 Å². The van der Waals surface area contributed by atoms with Gasteiger partial charge in [0.25, 0.3) is 0 Å². The number of amides is 1. The third-order valence-electron chi connectivity index (χ3n) is 1.95. The van der Waals surface area contributed by atoms with Crippen molar-refractivity contribution in [1.82, 2.24) is 5.32 Å². The van der Waals surface area contributed by atoms with Crippen molar-refractivity contribution in [1.29, 1.82) is 0 Å². The molecule has 2 atom stereocenters. The molecule has 0 fully saturated rings. The van der Waals surface area contributed by atoms with E-state index in [0.717, 1.165) is 5.56 Å². The van der Waals surface area contributed by atoms with Crippen LogP contribution >= 0.6 is 0 Å². The highest BCUT2D eigenvalue weighted by atomic mass is 16.3. The molecule has 0 aliphatic heterocycles. The van der Waals surface area contributed by atoms with E-state index in [1.54, 1.807) is 6.92 Å². The summed E-state index contributed by atoms with van der Waals surface area (Å²) in [5.41, 5.74) is 0.810. The molecule has 1 amide bonds. The van der Waals surface area contributed by atoms with Gasteiger partial charge in [0.1, 0.15) is 0 Å². The quantitative estimate of drug-likeness (QED) is 0.673. The number of aliphatic hydroxyl groups excluding tert-OH is 1. The highest BCUT2D eigenvalue weighted by Gasteiger charge is 2.14. The summed E-state index contributed by atoms with van der Waals surface area (Å²) in [5.74, 6) is 0. The number of benzene rings is 1. The largest absolute Gasteiger partial charge is 0.386 e. The summed E-state index contributed by atoms with van der Waals surface area (Å²) in [5, 5.41) is 12.2. The van der Waals surface area contributed by atoms with E-state index in [2.05, 4.69) is 5.32 Å². The van der Waals surface area contributed by atoms with E-state index in [4.69, 9.17) is 0 Å². The zero-order chi connectivity index (χ0) is 9.68. The first kappa shape index (κ1) is 9.74. The van der Waals surface area contributed by atoms with Gasteiger partial charge in [-0.15, -0.1) is 0 Å². The molecule has 1 rings (SSSR count). The first-order valence-electron chi connectivity index (χ1n) is 4.18. The molecule has 1 aromatic carbocycles. The van der Waals surface area contributed by atoms with Crippen LogP contribution < -0.4 is 5.32 Å². The molecule has 0 aliphatic carbocycles. The van der Waals surface area contributed by atoms with Gasteiger partial charge in [0, 0.05) is 0 Å². The lowest BCUT2D eigenvalue weighted by Crippen LogP contribution is -2.30. The van der Waals surface area contributed by atoms with Crippen molar-refractivity contribution in [2.45, 2.75) is 19.1 Å². The van der Waals surface area contributed by atoms with Crippen LogP contribution in [0.5, 0.6) is 0 Å². The van der Waals surface area contributed by atoms with E-state index >= 15 is 0 Å². The Labute approximate surface area is 77.4 Å². The molecule has 13 heavy (non-hydrogen) atoms. The molecule has 0 aliphatic rings. The molecule has 0 saturated carbocycles. The van der Waals surface area contributed by atoms with Crippen LogP contribution in [0.25, 0.3) is 0 Å². The lowest BCUT2D eigenvalue weighted by atomic mass is 10.0. The van der Waals surface area contributed by atoms with Gasteiger partial charge in [0.2, 0.25) is 6.41 Å². The van der Waals surface area contributed by atoms with Crippen molar-refractivity contribution in [2.75, 3.05) is 0 Å². The summed E-state index contributed by atoms with van der Waals surface area (Å²) in [7, 11) is 0. The minimum Gasteiger partial charge on any atom is -0.386 e. The molecular weight excluding hydrogens is 166 g/mol. The highest BCUT2D eigenvalue weighted by Crippen LogP contribution is 2.15. The number of hydrogen-bond acceptors (Lipinski definition) is 2. The summed E-state index contributed by atoms with van der Waals surface area (Å²) in [6, 6.07) is 8.98. The van der Waals surface area contributed by atoms with Gasteiger partial charge in [-0.1, -0.05) is 30.3 Å². The Morgan fingerprint density at radius 3 is 2.54 bits per heavy atom. The van der Waals surface area contributed by atoms with Crippen LogP contribution in [0.4, 0.5) is 0 Å². The van der Waals surface area contributed by atoms with Gasteiger partial charge in [0.05, 0.1) is 12.1 Å². The highest BCUT2D eigenvalue weighted by molar-refractivity contribution is 5.46. The van der Waals surface area contributed by atoms with Crippen LogP contribution in [0.15, 0.2) is 30.3 Å². The molecule has 0 radical (unpaired) electrons. The van der Waals surface area contributed by atoms with Crippen LogP contribution in [0, 0.1) is 0 Å². The Morgan fingerprint density at radius 2 is 2.00 bits per heavy atom. The molecule has 1 aromatic rings. The Bertz CT molecular complexity index is 261. The normalized spacial score (nSPS) is 14.6. The predicted octanol–water partition coefficient (Wildman–Crippen LogP) is 0.854. The fourth-order valence-corrected chi connectivity index (χ4v) is 1.14. The second kappa shape index (κ2) is 4.62. The van der Waals surface area contributed by atoms with E-state index in [0.29, 0.717) is 6.41 Å². The maximum atomic E-state index is 10.1. The summed E-state index contributed by atoms with van der Waals surface area (Å²) >= 11 is 0. The standard InChI is InChI=1S/C10H13NO2/c1-8(11-7-12)10(13)9-5-3-2-4-6-9/h2-8,10,13H,1H3,(H,11,12)/t8-,10-/m1/s1. The van der Waals surface area contributed by atoms with E-state index in [9.17, 15) is 9.90 Å². The molecule has 0 bridgehead atoms. The van der Waals surface area contributed by atoms with Crippen LogP contribution in [0.3, 0.4) is 0 Å². The maximum absolute atomic E-state index is 10.1. The molecule has 0 aromatic heterocycles. The van der Waals surface area contributed by atoms with Gasteiger partial charge < -0.3 is 10.4 Å². The minimum absolute atomic E-state index is 0.264. The Balaban J connectivity index is 2.67. The van der Waals surface area contributed by atoms with Gasteiger partial charge >= 0.3 is 0 Å². The molecule has 2 N–H and O–H groups in total. The molecule has 0 heterocycles. The van der Waals surface area contributed by atoms with Crippen molar-refractivity contribution in [2.24, 2.45) is 0 Å². The number of hydrogen-bond donors (Lipinski definition) is 2. The lowest BCUT2D eigenvalue weighted by Gasteiger charge is -2.17. The summed E-state index contributed by atoms with van der Waals surface area (Å²) in [6.07, 6.45) is -0.0528. The molecule has 0 unspecified atom stereocenters. The average molecular weight is 179 g/mol. The van der Waals surface area contributed by atoms with Crippen LogP contribution in [-0.4, -0.2) is 17.6 Å². The SMILES string of the molecule is C[C@@H](NC=O)[C@@H](O)c1ccccc1. The number of nitrogens with one attached hydrogen (secondary N) is 1. The van der Waals surface area contributed by atoms with Gasteiger partial charge in [-0.05, 0) is 12.5 Å². The monoisotopic (exact) mass is 179 g/mol. The van der Waals surface area contributed by atoms with Crippen molar-refractivity contribution in [3.8, 4) is 0 Å². The first-order valence-corrected chi connectivity index (χ1v) is 4.18. The van der Waals surface area contributed by atoms with Crippen molar-refractivity contribution < 1.29 is 9.90 Å². The Morgan fingerprint density at radius 1 is 1.38 bits per heavy atom. The third-order valence-corrected chi connectivity index (χ3v) is 1.95. The molecule has 3 heteroatoms. The second-order valence-electron chi connectivity index (χ2n) is 2.93. The minimum atomic E-state index is -0.647. The van der Waals surface area contributed by atoms with E-state index < -0.39 is 6.10 Å². The second-order valence-corrected chi connectivity index (χ2v) is 2.93. The van der Waals surface area contributed by atoms with Crippen LogP contribution in [-0.2, 0) is 4.79 Å². The van der Waals surface area contributed by atoms with E-state index in [1.165, 1.54) is 0 Å². The molecular formula is C10H13NO2. The fraction of sp³-hybridized carbons (Fsp3) is 0.300. The van der Waals surface area contributed by atoms with E-state index in [-0.39, 0.29) is 6.04 Å². The zero-order valence-corrected chi connectivity index (χ0v) is 7.47. The molecule has 70 valence electrons. The van der Waals surface area contributed by atoms with Crippen molar-refractivity contribution in [3.63, 3.8) is 0 Å². The van der Waals surface area contributed by atoms with Crippen LogP contribution in [0.2, 0.25) is 0 Å². The summed E-state index contributed by atoms with van der Waals surface area (Å²) in [4.78, 5) is 10.1. The summed E-state index contributed by atoms with van der Waals surface area (Å²) in [6.45, 7) is 1.76. The van der Waals surface area contributed by atoms with Gasteiger partial charge in [0.15, 0.2) is 0 Å². The first-order chi connectivity index (χ1) is 6.25. The number of rotatable bonds is 4. The fourth-order valence-electron chi connectivity index (χ4n) is 1.14. The van der Waals surface area contributed by atoms with E-state index in [1.807, 2.05) is 30.3 Å². The van der Waals surface area contributed by atoms with Crippen molar-refractivity contribution >= 4 is 6.41 Å². The number of carbonyl (C=O) groups is 1. The Kier molecular flexibility index (Phi) is 3.46. The van der Waals surface area contributed by atoms with Crippen LogP contribution in [0.1, 0.15) is 18.6 Å². The number of carbonyl (C=O) groups excluding carboxylic acids is 1. The zero-order valence-electron chi connectivity index (χ0n) is 7.47. The van der Waals surface area contributed by atoms with Crippen molar-refractivity contribution in [3.05, 3.63) is 35.9 Å². The Hall–Kier alpha value is -1.35. The predicted molar refractivity (Wildman–Crippen MR) is 50.1 cm³/mol.